The molecule has 8 nitrogen and oxygen atoms in total. The highest BCUT2D eigenvalue weighted by atomic mass is 32.2. The van der Waals surface area contributed by atoms with Crippen molar-refractivity contribution in [3.8, 4) is 0 Å². The molecule has 1 spiro atoms. The molecule has 2 N–H and O–H groups in total. The Morgan fingerprint density at radius 2 is 1.40 bits per heavy atom. The molecule has 0 aromatic heterocycles. The third-order valence-electron chi connectivity index (χ3n) is 8.86. The van der Waals surface area contributed by atoms with Crippen molar-refractivity contribution >= 4 is 27.7 Å². The summed E-state index contributed by atoms with van der Waals surface area (Å²) in [6, 6.07) is 5.24. The first-order chi connectivity index (χ1) is 20.8. The van der Waals surface area contributed by atoms with Crippen molar-refractivity contribution in [3.63, 3.8) is 0 Å². The minimum Gasteiger partial charge on any atom is -0.342 e. The molecule has 2 unspecified atom stereocenters. The van der Waals surface area contributed by atoms with Gasteiger partial charge in [0.15, 0.2) is 9.84 Å². The first-order valence-corrected chi connectivity index (χ1v) is 15.2. The maximum Gasteiger partial charge on any atom is 0.435 e. The van der Waals surface area contributed by atoms with E-state index in [-0.39, 0.29) is 61.4 Å². The van der Waals surface area contributed by atoms with Crippen LogP contribution in [0.3, 0.4) is 0 Å². The molecule has 2 aromatic rings. The predicted octanol–water partition coefficient (Wildman–Crippen LogP) is 4.65. The van der Waals surface area contributed by atoms with Crippen LogP contribution in [0.1, 0.15) is 42.7 Å². The number of nitrogens with zero attached hydrogens (tertiary/aromatic N) is 1. The summed E-state index contributed by atoms with van der Waals surface area (Å²) < 4.78 is 135. The van der Waals surface area contributed by atoms with E-state index in [0.717, 1.165) is 36.4 Å². The van der Waals surface area contributed by atoms with E-state index in [1.165, 1.54) is 4.90 Å². The lowest BCUT2D eigenvalue weighted by molar-refractivity contribution is -0.348. The summed E-state index contributed by atoms with van der Waals surface area (Å²) in [6.45, 7) is 0.0660. The van der Waals surface area contributed by atoms with Gasteiger partial charge in [-0.2, -0.15) is 26.3 Å². The number of halogens is 8. The molecule has 0 radical (unpaired) electrons. The highest BCUT2D eigenvalue weighted by Gasteiger charge is 2.73. The summed E-state index contributed by atoms with van der Waals surface area (Å²) >= 11 is 0. The number of nitrogens with one attached hydrogen (secondary N) is 2. The Bertz CT molecular complexity index is 1590. The molecular weight excluding hydrogens is 642 g/mol. The Labute approximate surface area is 251 Å². The lowest BCUT2D eigenvalue weighted by atomic mass is 9.87. The molecule has 3 aliphatic rings. The van der Waals surface area contributed by atoms with E-state index in [9.17, 15) is 57.9 Å². The highest BCUT2D eigenvalue weighted by Crippen LogP contribution is 2.54. The fourth-order valence-electron chi connectivity index (χ4n) is 6.39. The van der Waals surface area contributed by atoms with Gasteiger partial charge >= 0.3 is 24.1 Å². The van der Waals surface area contributed by atoms with Crippen LogP contribution in [0.2, 0.25) is 0 Å². The number of benzene rings is 2. The lowest BCUT2D eigenvalue weighted by Crippen LogP contribution is -2.56. The van der Waals surface area contributed by atoms with Gasteiger partial charge in [-0.25, -0.2) is 22.0 Å². The van der Waals surface area contributed by atoms with Crippen LogP contribution in [0, 0.1) is 11.7 Å². The molecule has 0 bridgehead atoms. The predicted molar refractivity (Wildman–Crippen MR) is 139 cm³/mol. The van der Waals surface area contributed by atoms with Gasteiger partial charge in [0.05, 0.1) is 10.1 Å². The van der Waals surface area contributed by atoms with Gasteiger partial charge in [-0.05, 0) is 55.5 Å². The third kappa shape index (κ3) is 5.52. The Morgan fingerprint density at radius 1 is 0.844 bits per heavy atom. The average Bonchev–Trinajstić information content (AvgIpc) is 3.53. The monoisotopic (exact) mass is 667 g/mol. The number of carbonyl (C=O) groups excluding carboxylic acids is 3. The SMILES string of the molecule is O=C1NC(=O)C2(CCN(C(=O)[C@H]3CC(c4ccc(C(F)(C(F)(F)F)C(F)(F)F)cc4)C(S(=O)(=O)c4ccc(F)cc4)C3)CC2)N1. The first-order valence-electron chi connectivity index (χ1n) is 13.6. The molecule has 244 valence electrons. The summed E-state index contributed by atoms with van der Waals surface area (Å²) in [5.41, 5.74) is -8.67. The number of amides is 4. The van der Waals surface area contributed by atoms with Gasteiger partial charge in [0, 0.05) is 30.5 Å². The molecule has 1 saturated carbocycles. The van der Waals surface area contributed by atoms with Gasteiger partial charge in [-0.3, -0.25) is 14.9 Å². The Morgan fingerprint density at radius 3 is 1.89 bits per heavy atom. The third-order valence-corrected chi connectivity index (χ3v) is 11.1. The molecule has 2 saturated heterocycles. The second-order valence-corrected chi connectivity index (χ2v) is 13.6. The van der Waals surface area contributed by atoms with Gasteiger partial charge in [0.1, 0.15) is 11.4 Å². The number of hydrogen-bond acceptors (Lipinski definition) is 5. The van der Waals surface area contributed by atoms with Gasteiger partial charge in [0.25, 0.3) is 5.91 Å². The summed E-state index contributed by atoms with van der Waals surface area (Å²) in [5.74, 6) is -3.86. The molecule has 45 heavy (non-hydrogen) atoms. The number of hydrogen-bond donors (Lipinski definition) is 2. The average molecular weight is 668 g/mol. The fraction of sp³-hybridized carbons (Fsp3) is 0.464. The Hall–Kier alpha value is -3.76. The van der Waals surface area contributed by atoms with Crippen LogP contribution >= 0.6 is 0 Å². The van der Waals surface area contributed by atoms with Crippen molar-refractivity contribution in [1.29, 1.82) is 0 Å². The van der Waals surface area contributed by atoms with Crippen molar-refractivity contribution in [3.05, 3.63) is 65.5 Å². The number of rotatable bonds is 5. The molecule has 1 aliphatic carbocycles. The minimum atomic E-state index is -6.35. The van der Waals surface area contributed by atoms with Crippen LogP contribution in [-0.2, 0) is 25.1 Å². The molecule has 2 aliphatic heterocycles. The van der Waals surface area contributed by atoms with Gasteiger partial charge in [-0.15, -0.1) is 0 Å². The van der Waals surface area contributed by atoms with Crippen molar-refractivity contribution in [2.75, 3.05) is 13.1 Å². The highest BCUT2D eigenvalue weighted by molar-refractivity contribution is 7.92. The van der Waals surface area contributed by atoms with Crippen molar-refractivity contribution in [2.45, 2.75) is 65.3 Å². The molecule has 5 rings (SSSR count). The second kappa shape index (κ2) is 10.9. The Balaban J connectivity index is 1.45. The fourth-order valence-corrected chi connectivity index (χ4v) is 8.44. The lowest BCUT2D eigenvalue weighted by Gasteiger charge is -2.38. The molecular formula is C28H25F8N3O5S. The van der Waals surface area contributed by atoms with Gasteiger partial charge < -0.3 is 10.2 Å². The molecule has 3 atom stereocenters. The van der Waals surface area contributed by atoms with Crippen molar-refractivity contribution < 1.29 is 57.9 Å². The van der Waals surface area contributed by atoms with E-state index in [1.807, 2.05) is 0 Å². The van der Waals surface area contributed by atoms with E-state index in [2.05, 4.69) is 10.6 Å². The number of likely N-dealkylation sites (tertiary alicyclic amines) is 1. The van der Waals surface area contributed by atoms with E-state index in [0.29, 0.717) is 0 Å². The minimum absolute atomic E-state index is 0.0330. The van der Waals surface area contributed by atoms with Crippen LogP contribution in [-0.4, -0.2) is 67.4 Å². The van der Waals surface area contributed by atoms with Crippen LogP contribution in [0.15, 0.2) is 53.4 Å². The number of piperidine rings is 1. The Kier molecular flexibility index (Phi) is 7.94. The first kappa shape index (κ1) is 32.6. The standard InChI is InChI=1S/C28H25F8N3O5S/c29-18-5-7-19(8-6-18)45(43,44)21-14-16(22(40)39-11-9-25(10-12-39)23(41)37-24(42)38-25)13-20(21)15-1-3-17(4-2-15)26(30,27(31,32)33)28(34,35)36/h1-8,16,20-21H,9-14H2,(H2,37,38,41,42)/t16-,20?,21?/m0/s1. The van der Waals surface area contributed by atoms with Crippen LogP contribution in [0.25, 0.3) is 0 Å². The van der Waals surface area contributed by atoms with Gasteiger partial charge in [0.2, 0.25) is 5.91 Å². The second-order valence-electron chi connectivity index (χ2n) is 11.4. The van der Waals surface area contributed by atoms with Crippen molar-refractivity contribution in [2.24, 2.45) is 5.92 Å². The van der Waals surface area contributed by atoms with E-state index >= 15 is 0 Å². The van der Waals surface area contributed by atoms with E-state index in [4.69, 9.17) is 0 Å². The summed E-state index contributed by atoms with van der Waals surface area (Å²) in [6.07, 6.45) is -13.0. The van der Waals surface area contributed by atoms with Crippen molar-refractivity contribution in [1.82, 2.24) is 15.5 Å². The van der Waals surface area contributed by atoms with Crippen LogP contribution in [0.5, 0.6) is 0 Å². The maximum atomic E-state index is 14.6. The number of alkyl halides is 7. The number of urea groups is 1. The zero-order chi connectivity index (χ0) is 33.2. The topological polar surface area (TPSA) is 113 Å². The number of sulfone groups is 1. The quantitative estimate of drug-likeness (QED) is 0.274. The number of imide groups is 1. The van der Waals surface area contributed by atoms with Crippen LogP contribution < -0.4 is 10.6 Å². The van der Waals surface area contributed by atoms with E-state index in [1.54, 1.807) is 0 Å². The molecule has 2 aromatic carbocycles. The molecule has 4 amide bonds. The van der Waals surface area contributed by atoms with Gasteiger partial charge in [-0.1, -0.05) is 24.3 Å². The zero-order valence-electron chi connectivity index (χ0n) is 23.0. The largest absolute Gasteiger partial charge is 0.435 e. The maximum absolute atomic E-state index is 14.6. The molecule has 17 heteroatoms. The van der Waals surface area contributed by atoms with Crippen LogP contribution in [0.4, 0.5) is 39.9 Å². The normalized spacial score (nSPS) is 24.1. The number of carbonyl (C=O) groups is 3. The molecule has 3 fully saturated rings. The summed E-state index contributed by atoms with van der Waals surface area (Å²) in [5, 5.41) is 3.29. The summed E-state index contributed by atoms with van der Waals surface area (Å²) in [7, 11) is -4.34. The summed E-state index contributed by atoms with van der Waals surface area (Å²) in [4.78, 5) is 38.5. The smallest absolute Gasteiger partial charge is 0.342 e. The zero-order valence-corrected chi connectivity index (χ0v) is 23.8. The molecule has 2 heterocycles. The van der Waals surface area contributed by atoms with E-state index < -0.39 is 79.7 Å².